The fourth-order valence-electron chi connectivity index (χ4n) is 3.00. The quantitative estimate of drug-likeness (QED) is 0.755. The van der Waals surface area contributed by atoms with Gasteiger partial charge in [-0.25, -0.2) is 0 Å². The number of anilines is 1. The molecular weight excluding hydrogens is 232 g/mol. The molecule has 0 saturated carbocycles. The summed E-state index contributed by atoms with van der Waals surface area (Å²) in [5.74, 6) is 0.791. The van der Waals surface area contributed by atoms with Crippen LogP contribution < -0.4 is 4.90 Å². The molecule has 2 rings (SSSR count). The van der Waals surface area contributed by atoms with E-state index in [0.29, 0.717) is 5.41 Å². The van der Waals surface area contributed by atoms with Crippen molar-refractivity contribution in [2.24, 2.45) is 11.3 Å². The van der Waals surface area contributed by atoms with Gasteiger partial charge in [-0.2, -0.15) is 5.26 Å². The molecule has 0 spiro atoms. The molecule has 0 radical (unpaired) electrons. The first kappa shape index (κ1) is 13.9. The van der Waals surface area contributed by atoms with Gasteiger partial charge in [-0.05, 0) is 48.8 Å². The Balaban J connectivity index is 2.12. The van der Waals surface area contributed by atoms with E-state index in [1.54, 1.807) is 0 Å². The second-order valence-electron chi connectivity index (χ2n) is 6.76. The summed E-state index contributed by atoms with van der Waals surface area (Å²) < 4.78 is 0. The molecule has 1 aromatic rings. The van der Waals surface area contributed by atoms with Crippen molar-refractivity contribution >= 4 is 5.69 Å². The number of hydrogen-bond donors (Lipinski definition) is 0. The van der Waals surface area contributed by atoms with Crippen LogP contribution in [-0.2, 0) is 0 Å². The Labute approximate surface area is 117 Å². The van der Waals surface area contributed by atoms with Gasteiger partial charge in [0.25, 0.3) is 0 Å². The maximum absolute atomic E-state index is 9.28. The lowest BCUT2D eigenvalue weighted by atomic mass is 9.75. The highest BCUT2D eigenvalue weighted by Crippen LogP contribution is 2.36. The first-order valence-corrected chi connectivity index (χ1v) is 7.17. The van der Waals surface area contributed by atoms with E-state index in [1.807, 2.05) is 13.0 Å². The van der Waals surface area contributed by atoms with Crippen LogP contribution in [0.5, 0.6) is 0 Å². The SMILES string of the molecule is Cc1ccc(N2CCC(C(C)(C)C)CC2)c(C#N)c1. The molecule has 2 heteroatoms. The summed E-state index contributed by atoms with van der Waals surface area (Å²) in [5.41, 5.74) is 3.48. The third-order valence-corrected chi connectivity index (χ3v) is 4.33. The molecule has 1 fully saturated rings. The summed E-state index contributed by atoms with van der Waals surface area (Å²) in [7, 11) is 0. The fraction of sp³-hybridized carbons (Fsp3) is 0.588. The molecule has 0 amide bonds. The maximum atomic E-state index is 9.28. The van der Waals surface area contributed by atoms with Gasteiger partial charge < -0.3 is 4.90 Å². The largest absolute Gasteiger partial charge is 0.370 e. The molecule has 1 heterocycles. The zero-order chi connectivity index (χ0) is 14.0. The Morgan fingerprint density at radius 1 is 1.21 bits per heavy atom. The lowest BCUT2D eigenvalue weighted by Gasteiger charge is -2.40. The summed E-state index contributed by atoms with van der Waals surface area (Å²) >= 11 is 0. The van der Waals surface area contributed by atoms with Crippen molar-refractivity contribution in [1.82, 2.24) is 0 Å². The van der Waals surface area contributed by atoms with Crippen molar-refractivity contribution in [3.63, 3.8) is 0 Å². The van der Waals surface area contributed by atoms with Crippen LogP contribution >= 0.6 is 0 Å². The Morgan fingerprint density at radius 2 is 1.84 bits per heavy atom. The third kappa shape index (κ3) is 3.10. The van der Waals surface area contributed by atoms with Crippen LogP contribution in [0.15, 0.2) is 18.2 Å². The molecule has 0 N–H and O–H groups in total. The van der Waals surface area contributed by atoms with E-state index in [0.717, 1.165) is 35.8 Å². The second kappa shape index (κ2) is 5.25. The van der Waals surface area contributed by atoms with Crippen molar-refractivity contribution in [3.05, 3.63) is 29.3 Å². The van der Waals surface area contributed by atoms with E-state index in [1.165, 1.54) is 12.8 Å². The summed E-state index contributed by atoms with van der Waals surface area (Å²) in [5, 5.41) is 9.28. The fourth-order valence-corrected chi connectivity index (χ4v) is 3.00. The molecule has 1 aromatic carbocycles. The summed E-state index contributed by atoms with van der Waals surface area (Å²) in [6.45, 7) is 11.2. The van der Waals surface area contributed by atoms with Gasteiger partial charge in [-0.3, -0.25) is 0 Å². The van der Waals surface area contributed by atoms with Crippen LogP contribution in [0.4, 0.5) is 5.69 Å². The van der Waals surface area contributed by atoms with Crippen molar-refractivity contribution in [2.75, 3.05) is 18.0 Å². The minimum atomic E-state index is 0.400. The number of piperidine rings is 1. The highest BCUT2D eigenvalue weighted by Gasteiger charge is 2.29. The number of rotatable bonds is 1. The molecule has 1 aliphatic heterocycles. The molecule has 1 saturated heterocycles. The number of aryl methyl sites for hydroxylation is 1. The van der Waals surface area contributed by atoms with Gasteiger partial charge in [0.05, 0.1) is 11.3 Å². The van der Waals surface area contributed by atoms with E-state index in [9.17, 15) is 5.26 Å². The van der Waals surface area contributed by atoms with Gasteiger partial charge in [0, 0.05) is 13.1 Å². The molecule has 0 aliphatic carbocycles. The van der Waals surface area contributed by atoms with Crippen molar-refractivity contribution in [2.45, 2.75) is 40.5 Å². The molecule has 0 bridgehead atoms. The number of hydrogen-bond acceptors (Lipinski definition) is 2. The molecule has 1 aliphatic rings. The molecule has 19 heavy (non-hydrogen) atoms. The van der Waals surface area contributed by atoms with Gasteiger partial charge >= 0.3 is 0 Å². The minimum Gasteiger partial charge on any atom is -0.370 e. The Bertz CT molecular complexity index is 483. The Morgan fingerprint density at radius 3 is 2.37 bits per heavy atom. The first-order valence-electron chi connectivity index (χ1n) is 7.17. The van der Waals surface area contributed by atoms with Gasteiger partial charge in [-0.1, -0.05) is 26.8 Å². The molecule has 0 aromatic heterocycles. The predicted octanol–water partition coefficient (Wildman–Crippen LogP) is 4.13. The Kier molecular flexibility index (Phi) is 3.85. The van der Waals surface area contributed by atoms with Crippen LogP contribution in [-0.4, -0.2) is 13.1 Å². The van der Waals surface area contributed by atoms with E-state index >= 15 is 0 Å². The topological polar surface area (TPSA) is 27.0 Å². The van der Waals surface area contributed by atoms with Gasteiger partial charge in [0.1, 0.15) is 6.07 Å². The highest BCUT2D eigenvalue weighted by molar-refractivity contribution is 5.60. The van der Waals surface area contributed by atoms with E-state index < -0.39 is 0 Å². The second-order valence-corrected chi connectivity index (χ2v) is 6.76. The molecule has 0 atom stereocenters. The first-order chi connectivity index (χ1) is 8.91. The smallest absolute Gasteiger partial charge is 0.101 e. The van der Waals surface area contributed by atoms with E-state index in [4.69, 9.17) is 0 Å². The lowest BCUT2D eigenvalue weighted by Crippen LogP contribution is -2.38. The summed E-state index contributed by atoms with van der Waals surface area (Å²) in [6, 6.07) is 8.53. The standard InChI is InChI=1S/C17H24N2/c1-13-5-6-16(14(11-13)12-18)19-9-7-15(8-10-19)17(2,3)4/h5-6,11,15H,7-10H2,1-4H3. The lowest BCUT2D eigenvalue weighted by molar-refractivity contribution is 0.199. The number of nitriles is 1. The average Bonchev–Trinajstić information content (AvgIpc) is 2.37. The van der Waals surface area contributed by atoms with Crippen LogP contribution in [0.3, 0.4) is 0 Å². The predicted molar refractivity (Wildman–Crippen MR) is 80.3 cm³/mol. The van der Waals surface area contributed by atoms with Crippen LogP contribution in [0.25, 0.3) is 0 Å². The molecule has 0 unspecified atom stereocenters. The number of nitrogens with zero attached hydrogens (tertiary/aromatic N) is 2. The monoisotopic (exact) mass is 256 g/mol. The van der Waals surface area contributed by atoms with Gasteiger partial charge in [-0.15, -0.1) is 0 Å². The van der Waals surface area contributed by atoms with Gasteiger partial charge in [0.2, 0.25) is 0 Å². The van der Waals surface area contributed by atoms with Crippen molar-refractivity contribution in [3.8, 4) is 6.07 Å². The summed E-state index contributed by atoms with van der Waals surface area (Å²) in [6.07, 6.45) is 2.45. The highest BCUT2D eigenvalue weighted by atomic mass is 15.1. The van der Waals surface area contributed by atoms with Crippen LogP contribution in [0, 0.1) is 29.6 Å². The minimum absolute atomic E-state index is 0.400. The van der Waals surface area contributed by atoms with Crippen LogP contribution in [0.2, 0.25) is 0 Å². The number of benzene rings is 1. The normalized spacial score (nSPS) is 17.3. The zero-order valence-electron chi connectivity index (χ0n) is 12.5. The Hall–Kier alpha value is -1.49. The maximum Gasteiger partial charge on any atom is 0.101 e. The molecular formula is C17H24N2. The van der Waals surface area contributed by atoms with Crippen molar-refractivity contribution in [1.29, 1.82) is 5.26 Å². The molecule has 102 valence electrons. The molecule has 2 nitrogen and oxygen atoms in total. The average molecular weight is 256 g/mol. The third-order valence-electron chi connectivity index (χ3n) is 4.33. The van der Waals surface area contributed by atoms with E-state index in [2.05, 4.69) is 43.9 Å². The van der Waals surface area contributed by atoms with Crippen LogP contribution in [0.1, 0.15) is 44.7 Å². The summed E-state index contributed by atoms with van der Waals surface area (Å²) in [4.78, 5) is 2.38. The van der Waals surface area contributed by atoms with Gasteiger partial charge in [0.15, 0.2) is 0 Å². The van der Waals surface area contributed by atoms with Crippen molar-refractivity contribution < 1.29 is 0 Å². The zero-order valence-corrected chi connectivity index (χ0v) is 12.5. The van der Waals surface area contributed by atoms with E-state index in [-0.39, 0.29) is 0 Å².